The molecule has 1 N–H and O–H groups in total. The number of hydrogen-bond donors (Lipinski definition) is 1. The number of likely N-dealkylation sites (N-methyl/N-ethyl adjacent to an activating group) is 1. The second-order valence-electron chi connectivity index (χ2n) is 5.51. The van der Waals surface area contributed by atoms with Gasteiger partial charge in [-0.2, -0.15) is 0 Å². The van der Waals surface area contributed by atoms with Crippen LogP contribution in [0, 0.1) is 17.5 Å². The maximum absolute atomic E-state index is 14.1. The first-order valence-corrected chi connectivity index (χ1v) is 6.96. The Kier molecular flexibility index (Phi) is 3.49. The minimum Gasteiger partial charge on any atom is -0.312 e. The van der Waals surface area contributed by atoms with E-state index in [0.717, 1.165) is 24.5 Å². The van der Waals surface area contributed by atoms with Crippen molar-refractivity contribution in [2.45, 2.75) is 24.3 Å². The van der Waals surface area contributed by atoms with Gasteiger partial charge in [0.15, 0.2) is 17.5 Å². The second kappa shape index (κ2) is 5.19. The Morgan fingerprint density at radius 1 is 0.952 bits per heavy atom. The molecule has 0 radical (unpaired) electrons. The smallest absolute Gasteiger partial charge is 0.194 e. The SMILES string of the molecule is CNC(c1ccc(F)c(F)c1F)C1(c2ccccc2)CC1. The first-order valence-electron chi connectivity index (χ1n) is 6.96. The molecule has 110 valence electrons. The van der Waals surface area contributed by atoms with E-state index >= 15 is 0 Å². The lowest BCUT2D eigenvalue weighted by atomic mass is 9.83. The van der Waals surface area contributed by atoms with Gasteiger partial charge in [-0.15, -0.1) is 0 Å². The fourth-order valence-corrected chi connectivity index (χ4v) is 3.14. The van der Waals surface area contributed by atoms with E-state index in [-0.39, 0.29) is 17.0 Å². The molecule has 1 fully saturated rings. The molecule has 0 bridgehead atoms. The van der Waals surface area contributed by atoms with Crippen LogP contribution in [0.25, 0.3) is 0 Å². The van der Waals surface area contributed by atoms with Gasteiger partial charge in [0.2, 0.25) is 0 Å². The van der Waals surface area contributed by atoms with Crippen molar-refractivity contribution in [1.29, 1.82) is 0 Å². The first kappa shape index (κ1) is 14.1. The fourth-order valence-electron chi connectivity index (χ4n) is 3.14. The molecule has 2 aromatic rings. The number of benzene rings is 2. The summed E-state index contributed by atoms with van der Waals surface area (Å²) in [6.45, 7) is 0. The van der Waals surface area contributed by atoms with Gasteiger partial charge in [-0.05, 0) is 31.5 Å². The van der Waals surface area contributed by atoms with Crippen LogP contribution in [0.3, 0.4) is 0 Å². The van der Waals surface area contributed by atoms with Gasteiger partial charge in [0, 0.05) is 17.0 Å². The van der Waals surface area contributed by atoms with Crippen molar-refractivity contribution >= 4 is 0 Å². The average molecular weight is 291 g/mol. The minimum atomic E-state index is -1.41. The average Bonchev–Trinajstić information content (AvgIpc) is 3.30. The highest BCUT2D eigenvalue weighted by Gasteiger charge is 2.51. The zero-order chi connectivity index (χ0) is 15.0. The van der Waals surface area contributed by atoms with Gasteiger partial charge < -0.3 is 5.32 Å². The van der Waals surface area contributed by atoms with E-state index in [1.165, 1.54) is 6.07 Å². The normalized spacial score (nSPS) is 17.5. The molecule has 0 spiro atoms. The Morgan fingerprint density at radius 3 is 2.19 bits per heavy atom. The Balaban J connectivity index is 2.06. The van der Waals surface area contributed by atoms with Crippen LogP contribution in [-0.2, 0) is 5.41 Å². The third-order valence-electron chi connectivity index (χ3n) is 4.35. The van der Waals surface area contributed by atoms with Crippen molar-refractivity contribution in [1.82, 2.24) is 5.32 Å². The summed E-state index contributed by atoms with van der Waals surface area (Å²) in [6.07, 6.45) is 1.78. The zero-order valence-corrected chi connectivity index (χ0v) is 11.7. The van der Waals surface area contributed by atoms with E-state index in [1.807, 2.05) is 30.3 Å². The predicted molar refractivity (Wildman–Crippen MR) is 75.5 cm³/mol. The first-order chi connectivity index (χ1) is 10.1. The summed E-state index contributed by atoms with van der Waals surface area (Å²) in [5, 5.41) is 3.08. The van der Waals surface area contributed by atoms with Gasteiger partial charge in [-0.25, -0.2) is 13.2 Å². The topological polar surface area (TPSA) is 12.0 Å². The summed E-state index contributed by atoms with van der Waals surface area (Å²) in [5.74, 6) is -3.66. The molecule has 0 heterocycles. The van der Waals surface area contributed by atoms with Gasteiger partial charge in [0.05, 0.1) is 0 Å². The summed E-state index contributed by atoms with van der Waals surface area (Å²) in [4.78, 5) is 0. The molecule has 0 aliphatic heterocycles. The molecule has 0 aromatic heterocycles. The number of hydrogen-bond acceptors (Lipinski definition) is 1. The molecular formula is C17H16F3N. The molecule has 1 unspecified atom stereocenters. The lowest BCUT2D eigenvalue weighted by Crippen LogP contribution is -2.30. The lowest BCUT2D eigenvalue weighted by Gasteiger charge is -2.28. The van der Waals surface area contributed by atoms with E-state index in [0.29, 0.717) is 0 Å². The van der Waals surface area contributed by atoms with Gasteiger partial charge in [-0.1, -0.05) is 36.4 Å². The Bertz CT molecular complexity index is 651. The highest BCUT2D eigenvalue weighted by Crippen LogP contribution is 2.56. The van der Waals surface area contributed by atoms with E-state index in [2.05, 4.69) is 5.32 Å². The molecule has 3 rings (SSSR count). The van der Waals surface area contributed by atoms with Crippen LogP contribution < -0.4 is 5.32 Å². The monoisotopic (exact) mass is 291 g/mol. The van der Waals surface area contributed by atoms with Crippen LogP contribution in [0.2, 0.25) is 0 Å². The van der Waals surface area contributed by atoms with Gasteiger partial charge in [0.1, 0.15) is 0 Å². The summed E-state index contributed by atoms with van der Waals surface area (Å²) in [7, 11) is 1.72. The van der Waals surface area contributed by atoms with Crippen molar-refractivity contribution in [3.8, 4) is 0 Å². The van der Waals surface area contributed by atoms with E-state index in [4.69, 9.17) is 0 Å². The lowest BCUT2D eigenvalue weighted by molar-refractivity contribution is 0.403. The zero-order valence-electron chi connectivity index (χ0n) is 11.7. The van der Waals surface area contributed by atoms with E-state index in [1.54, 1.807) is 7.05 Å². The van der Waals surface area contributed by atoms with Crippen LogP contribution in [-0.4, -0.2) is 7.05 Å². The molecule has 0 saturated heterocycles. The van der Waals surface area contributed by atoms with Crippen molar-refractivity contribution in [3.05, 3.63) is 71.0 Å². The largest absolute Gasteiger partial charge is 0.312 e. The molecule has 1 atom stereocenters. The molecule has 4 heteroatoms. The van der Waals surface area contributed by atoms with Crippen LogP contribution in [0.4, 0.5) is 13.2 Å². The van der Waals surface area contributed by atoms with Crippen LogP contribution in [0.1, 0.15) is 30.0 Å². The maximum atomic E-state index is 14.1. The van der Waals surface area contributed by atoms with Gasteiger partial charge >= 0.3 is 0 Å². The number of rotatable bonds is 4. The summed E-state index contributed by atoms with van der Waals surface area (Å²) in [6, 6.07) is 11.7. The Labute approximate surface area is 121 Å². The Morgan fingerprint density at radius 2 is 1.62 bits per heavy atom. The third kappa shape index (κ3) is 2.23. The third-order valence-corrected chi connectivity index (χ3v) is 4.35. The van der Waals surface area contributed by atoms with Crippen molar-refractivity contribution < 1.29 is 13.2 Å². The molecule has 1 saturated carbocycles. The predicted octanol–water partition coefficient (Wildman–Crippen LogP) is 4.10. The quantitative estimate of drug-likeness (QED) is 0.836. The summed E-state index contributed by atoms with van der Waals surface area (Å²) < 4.78 is 40.8. The van der Waals surface area contributed by atoms with Crippen molar-refractivity contribution in [3.63, 3.8) is 0 Å². The molecular weight excluding hydrogens is 275 g/mol. The summed E-state index contributed by atoms with van der Waals surface area (Å²) in [5.41, 5.74) is 1.02. The maximum Gasteiger partial charge on any atom is 0.194 e. The molecule has 1 aliphatic carbocycles. The van der Waals surface area contributed by atoms with Crippen LogP contribution in [0.5, 0.6) is 0 Å². The molecule has 0 amide bonds. The Hall–Kier alpha value is -1.81. The van der Waals surface area contributed by atoms with Gasteiger partial charge in [0.25, 0.3) is 0 Å². The molecule has 21 heavy (non-hydrogen) atoms. The van der Waals surface area contributed by atoms with E-state index in [9.17, 15) is 13.2 Å². The fraction of sp³-hybridized carbons (Fsp3) is 0.294. The van der Waals surface area contributed by atoms with Crippen molar-refractivity contribution in [2.24, 2.45) is 0 Å². The van der Waals surface area contributed by atoms with Crippen molar-refractivity contribution in [2.75, 3.05) is 7.05 Å². The highest BCUT2D eigenvalue weighted by molar-refractivity contribution is 5.39. The van der Waals surface area contributed by atoms with E-state index < -0.39 is 17.5 Å². The summed E-state index contributed by atoms with van der Waals surface area (Å²) >= 11 is 0. The number of nitrogens with one attached hydrogen (secondary N) is 1. The molecule has 2 aromatic carbocycles. The highest BCUT2D eigenvalue weighted by atomic mass is 19.2. The van der Waals surface area contributed by atoms with Gasteiger partial charge in [-0.3, -0.25) is 0 Å². The second-order valence-corrected chi connectivity index (χ2v) is 5.51. The minimum absolute atomic E-state index is 0.178. The van der Waals surface area contributed by atoms with Crippen LogP contribution in [0.15, 0.2) is 42.5 Å². The standard InChI is InChI=1S/C17H16F3N/c1-21-16(12-7-8-13(18)15(20)14(12)19)17(9-10-17)11-5-3-2-4-6-11/h2-8,16,21H,9-10H2,1H3. The molecule has 1 nitrogen and oxygen atoms in total. The molecule has 1 aliphatic rings. The number of halogens is 3. The van der Waals surface area contributed by atoms with Crippen LogP contribution >= 0.6 is 0 Å².